The largest absolute Gasteiger partial charge is 0.456 e. The molecule has 0 unspecified atom stereocenters. The van der Waals surface area contributed by atoms with E-state index in [0.29, 0.717) is 5.02 Å². The molecule has 0 aliphatic rings. The first-order chi connectivity index (χ1) is 12.3. The quantitative estimate of drug-likeness (QED) is 0.289. The normalized spacial score (nSPS) is 12.2. The van der Waals surface area contributed by atoms with Crippen LogP contribution in [-0.4, -0.2) is 0 Å². The Labute approximate surface area is 147 Å². The Morgan fingerprint density at radius 2 is 1.16 bits per heavy atom. The van der Waals surface area contributed by atoms with E-state index in [-0.39, 0.29) is 0 Å². The SMILES string of the molecule is Clc1ccc2oc3ccc4oc5cc6ccccc6cc5c4c3c2c1. The first kappa shape index (κ1) is 13.3. The highest BCUT2D eigenvalue weighted by Crippen LogP contribution is 2.41. The topological polar surface area (TPSA) is 26.3 Å². The molecule has 0 radical (unpaired) electrons. The van der Waals surface area contributed by atoms with Crippen molar-refractivity contribution in [3.63, 3.8) is 0 Å². The maximum absolute atomic E-state index is 6.23. The Morgan fingerprint density at radius 3 is 1.92 bits per heavy atom. The molecule has 0 fully saturated rings. The van der Waals surface area contributed by atoms with Gasteiger partial charge in [0.2, 0.25) is 0 Å². The molecular formula is C22H11ClO2. The molecule has 0 atom stereocenters. The number of furan rings is 2. The van der Waals surface area contributed by atoms with Gasteiger partial charge in [0.15, 0.2) is 0 Å². The van der Waals surface area contributed by atoms with E-state index in [2.05, 4.69) is 30.3 Å². The van der Waals surface area contributed by atoms with Gasteiger partial charge in [-0.05, 0) is 53.2 Å². The van der Waals surface area contributed by atoms with E-state index in [1.807, 2.05) is 36.4 Å². The zero-order valence-corrected chi connectivity index (χ0v) is 13.8. The van der Waals surface area contributed by atoms with Gasteiger partial charge in [-0.25, -0.2) is 0 Å². The van der Waals surface area contributed by atoms with Gasteiger partial charge in [-0.3, -0.25) is 0 Å². The van der Waals surface area contributed by atoms with Crippen molar-refractivity contribution >= 4 is 66.3 Å². The van der Waals surface area contributed by atoms with Crippen molar-refractivity contribution in [2.24, 2.45) is 0 Å². The molecule has 6 aromatic rings. The maximum Gasteiger partial charge on any atom is 0.136 e. The Kier molecular flexibility index (Phi) is 2.43. The van der Waals surface area contributed by atoms with Crippen LogP contribution in [0.2, 0.25) is 5.02 Å². The summed E-state index contributed by atoms with van der Waals surface area (Å²) in [6, 6.07) is 22.3. The fourth-order valence-electron chi connectivity index (χ4n) is 3.79. The van der Waals surface area contributed by atoms with Crippen molar-refractivity contribution in [3.05, 3.63) is 71.8 Å². The smallest absolute Gasteiger partial charge is 0.136 e. The molecule has 4 aromatic carbocycles. The van der Waals surface area contributed by atoms with Crippen LogP contribution in [-0.2, 0) is 0 Å². The zero-order chi connectivity index (χ0) is 16.5. The van der Waals surface area contributed by atoms with Crippen LogP contribution in [0.5, 0.6) is 0 Å². The van der Waals surface area contributed by atoms with Crippen LogP contribution in [0.25, 0.3) is 54.6 Å². The summed E-state index contributed by atoms with van der Waals surface area (Å²) < 4.78 is 12.2. The number of fused-ring (bicyclic) bond motifs is 8. The lowest BCUT2D eigenvalue weighted by Crippen LogP contribution is -1.74. The molecule has 2 heterocycles. The average molecular weight is 343 g/mol. The third-order valence-electron chi connectivity index (χ3n) is 4.90. The fraction of sp³-hybridized carbons (Fsp3) is 0. The highest BCUT2D eigenvalue weighted by Gasteiger charge is 2.16. The highest BCUT2D eigenvalue weighted by atomic mass is 35.5. The monoisotopic (exact) mass is 342 g/mol. The predicted octanol–water partition coefficient (Wildman–Crippen LogP) is 7.29. The van der Waals surface area contributed by atoms with Gasteiger partial charge < -0.3 is 8.83 Å². The van der Waals surface area contributed by atoms with Crippen molar-refractivity contribution in [2.45, 2.75) is 0 Å². The molecule has 0 aliphatic carbocycles. The number of hydrogen-bond donors (Lipinski definition) is 0. The fourth-order valence-corrected chi connectivity index (χ4v) is 3.96. The molecule has 2 nitrogen and oxygen atoms in total. The van der Waals surface area contributed by atoms with Crippen molar-refractivity contribution in [1.29, 1.82) is 0 Å². The van der Waals surface area contributed by atoms with E-state index in [1.165, 1.54) is 10.8 Å². The molecule has 0 amide bonds. The summed E-state index contributed by atoms with van der Waals surface area (Å²) in [6.07, 6.45) is 0. The standard InChI is InChI=1S/C22H11ClO2/c23-14-5-6-17-16(11-14)22-18(24-17)7-8-19-21(22)15-9-12-3-1-2-4-13(12)10-20(15)25-19/h1-11H. The first-order valence-electron chi connectivity index (χ1n) is 8.14. The van der Waals surface area contributed by atoms with E-state index in [0.717, 1.165) is 43.9 Å². The Bertz CT molecular complexity index is 1450. The summed E-state index contributed by atoms with van der Waals surface area (Å²) in [5.74, 6) is 0. The van der Waals surface area contributed by atoms with E-state index < -0.39 is 0 Å². The van der Waals surface area contributed by atoms with Crippen LogP contribution >= 0.6 is 11.6 Å². The second-order valence-electron chi connectivity index (χ2n) is 6.35. The molecule has 0 spiro atoms. The lowest BCUT2D eigenvalue weighted by Gasteiger charge is -1.98. The lowest BCUT2D eigenvalue weighted by atomic mass is 10.0. The Balaban J connectivity index is 1.92. The van der Waals surface area contributed by atoms with Gasteiger partial charge in [-0.1, -0.05) is 35.9 Å². The lowest BCUT2D eigenvalue weighted by molar-refractivity contribution is 0.663. The minimum absolute atomic E-state index is 0.699. The van der Waals surface area contributed by atoms with Gasteiger partial charge in [-0.2, -0.15) is 0 Å². The summed E-state index contributed by atoms with van der Waals surface area (Å²) in [6.45, 7) is 0. The molecule has 3 heteroatoms. The molecule has 6 rings (SSSR count). The van der Waals surface area contributed by atoms with Gasteiger partial charge in [0, 0.05) is 26.6 Å². The number of hydrogen-bond acceptors (Lipinski definition) is 2. The Hall–Kier alpha value is -2.97. The van der Waals surface area contributed by atoms with Crippen LogP contribution < -0.4 is 0 Å². The molecule has 25 heavy (non-hydrogen) atoms. The first-order valence-corrected chi connectivity index (χ1v) is 8.51. The summed E-state index contributed by atoms with van der Waals surface area (Å²) in [7, 11) is 0. The van der Waals surface area contributed by atoms with Gasteiger partial charge in [0.25, 0.3) is 0 Å². The number of rotatable bonds is 0. The second-order valence-corrected chi connectivity index (χ2v) is 6.79. The van der Waals surface area contributed by atoms with Crippen LogP contribution in [0.1, 0.15) is 0 Å². The zero-order valence-electron chi connectivity index (χ0n) is 13.0. The van der Waals surface area contributed by atoms with Crippen LogP contribution in [0, 0.1) is 0 Å². The molecule has 0 saturated heterocycles. The molecule has 0 aliphatic heterocycles. The highest BCUT2D eigenvalue weighted by molar-refractivity contribution is 6.33. The summed E-state index contributed by atoms with van der Waals surface area (Å²) >= 11 is 6.23. The van der Waals surface area contributed by atoms with Gasteiger partial charge in [0.1, 0.15) is 22.3 Å². The predicted molar refractivity (Wildman–Crippen MR) is 104 cm³/mol. The maximum atomic E-state index is 6.23. The minimum atomic E-state index is 0.699. The minimum Gasteiger partial charge on any atom is -0.456 e. The van der Waals surface area contributed by atoms with Gasteiger partial charge in [0.05, 0.1) is 0 Å². The second kappa shape index (κ2) is 4.56. The van der Waals surface area contributed by atoms with Crippen molar-refractivity contribution in [2.75, 3.05) is 0 Å². The molecule has 0 bridgehead atoms. The van der Waals surface area contributed by atoms with Crippen molar-refractivity contribution in [1.82, 2.24) is 0 Å². The van der Waals surface area contributed by atoms with Crippen LogP contribution in [0.15, 0.2) is 75.6 Å². The van der Waals surface area contributed by atoms with Crippen molar-refractivity contribution < 1.29 is 8.83 Å². The van der Waals surface area contributed by atoms with E-state index in [4.69, 9.17) is 20.4 Å². The molecule has 118 valence electrons. The third kappa shape index (κ3) is 1.75. The van der Waals surface area contributed by atoms with Gasteiger partial charge in [-0.15, -0.1) is 0 Å². The Morgan fingerprint density at radius 1 is 0.560 bits per heavy atom. The average Bonchev–Trinajstić information content (AvgIpc) is 3.16. The van der Waals surface area contributed by atoms with Crippen molar-refractivity contribution in [3.8, 4) is 0 Å². The van der Waals surface area contributed by atoms with E-state index in [1.54, 1.807) is 0 Å². The summed E-state index contributed by atoms with van der Waals surface area (Å²) in [5, 5.41) is 7.32. The van der Waals surface area contributed by atoms with Crippen LogP contribution in [0.3, 0.4) is 0 Å². The molecular weight excluding hydrogens is 332 g/mol. The van der Waals surface area contributed by atoms with Gasteiger partial charge >= 0.3 is 0 Å². The summed E-state index contributed by atoms with van der Waals surface area (Å²) in [4.78, 5) is 0. The molecule has 2 aromatic heterocycles. The van der Waals surface area contributed by atoms with E-state index >= 15 is 0 Å². The molecule has 0 saturated carbocycles. The molecule has 0 N–H and O–H groups in total. The van der Waals surface area contributed by atoms with E-state index in [9.17, 15) is 0 Å². The number of halogens is 1. The third-order valence-corrected chi connectivity index (χ3v) is 5.13. The van der Waals surface area contributed by atoms with Crippen LogP contribution in [0.4, 0.5) is 0 Å². The number of benzene rings is 4. The summed E-state index contributed by atoms with van der Waals surface area (Å²) in [5.41, 5.74) is 3.43.